The minimum absolute atomic E-state index is 0.278. The number of rotatable bonds is 5. The molecule has 0 spiro atoms. The molecule has 0 aliphatic heterocycles. The molecule has 90 valence electrons. The summed E-state index contributed by atoms with van der Waals surface area (Å²) in [4.78, 5) is 1.31. The number of nitrogens with two attached hydrogens (primary N) is 1. The molecule has 5 heteroatoms. The summed E-state index contributed by atoms with van der Waals surface area (Å²) < 4.78 is 1.17. The molecule has 2 nitrogen and oxygen atoms in total. The summed E-state index contributed by atoms with van der Waals surface area (Å²) in [5.74, 6) is 6.71. The molecule has 1 aliphatic rings. The topological polar surface area (TPSA) is 38.0 Å². The lowest BCUT2D eigenvalue weighted by molar-refractivity contribution is 0.617. The zero-order chi connectivity index (χ0) is 11.4. The summed E-state index contributed by atoms with van der Waals surface area (Å²) in [7, 11) is 0. The van der Waals surface area contributed by atoms with E-state index in [-0.39, 0.29) is 6.04 Å². The van der Waals surface area contributed by atoms with E-state index in [2.05, 4.69) is 44.6 Å². The fourth-order valence-corrected chi connectivity index (χ4v) is 5.25. The maximum atomic E-state index is 5.64. The van der Waals surface area contributed by atoms with Gasteiger partial charge in [0.05, 0.1) is 6.04 Å². The van der Waals surface area contributed by atoms with Gasteiger partial charge in [-0.15, -0.1) is 11.3 Å². The fourth-order valence-electron chi connectivity index (χ4n) is 2.04. The quantitative estimate of drug-likeness (QED) is 0.642. The molecule has 1 fully saturated rings. The van der Waals surface area contributed by atoms with Gasteiger partial charge in [-0.05, 0) is 40.2 Å². The van der Waals surface area contributed by atoms with E-state index in [9.17, 15) is 0 Å². The summed E-state index contributed by atoms with van der Waals surface area (Å²) in [5.41, 5.74) is 2.93. The molecular weight excluding hydrogens is 304 g/mol. The average Bonchev–Trinajstić information content (AvgIpc) is 2.92. The van der Waals surface area contributed by atoms with Gasteiger partial charge in [-0.3, -0.25) is 11.3 Å². The molecule has 0 radical (unpaired) electrons. The van der Waals surface area contributed by atoms with Crippen LogP contribution in [-0.2, 0) is 0 Å². The third-order valence-electron chi connectivity index (χ3n) is 2.96. The van der Waals surface area contributed by atoms with Crippen molar-refractivity contribution in [2.75, 3.05) is 5.75 Å². The van der Waals surface area contributed by atoms with Crippen LogP contribution in [0.2, 0.25) is 0 Å². The van der Waals surface area contributed by atoms with Crippen LogP contribution < -0.4 is 11.3 Å². The van der Waals surface area contributed by atoms with Crippen LogP contribution in [0.4, 0.5) is 0 Å². The lowest BCUT2D eigenvalue weighted by Crippen LogP contribution is -2.29. The predicted molar refractivity (Wildman–Crippen MR) is 76.8 cm³/mol. The van der Waals surface area contributed by atoms with Gasteiger partial charge in [-0.1, -0.05) is 12.8 Å². The molecule has 0 bridgehead atoms. The molecule has 16 heavy (non-hydrogen) atoms. The maximum absolute atomic E-state index is 5.64. The molecule has 1 aliphatic carbocycles. The molecule has 0 saturated heterocycles. The van der Waals surface area contributed by atoms with Crippen molar-refractivity contribution in [3.63, 3.8) is 0 Å². The highest BCUT2D eigenvalue weighted by Gasteiger charge is 2.20. The van der Waals surface area contributed by atoms with Crippen molar-refractivity contribution < 1.29 is 0 Å². The minimum Gasteiger partial charge on any atom is -0.271 e. The summed E-state index contributed by atoms with van der Waals surface area (Å²) in [6, 6.07) is 2.37. The summed E-state index contributed by atoms with van der Waals surface area (Å²) in [6.45, 7) is 0. The van der Waals surface area contributed by atoms with Gasteiger partial charge >= 0.3 is 0 Å². The van der Waals surface area contributed by atoms with Gasteiger partial charge in [0.2, 0.25) is 0 Å². The Labute approximate surface area is 113 Å². The van der Waals surface area contributed by atoms with Gasteiger partial charge in [0.1, 0.15) is 0 Å². The predicted octanol–water partition coefficient (Wildman–Crippen LogP) is 3.69. The van der Waals surface area contributed by atoms with E-state index in [4.69, 9.17) is 5.84 Å². The van der Waals surface area contributed by atoms with E-state index in [1.165, 1.54) is 35.0 Å². The van der Waals surface area contributed by atoms with Crippen molar-refractivity contribution in [2.45, 2.75) is 37.0 Å². The minimum atomic E-state index is 0.278. The maximum Gasteiger partial charge on any atom is 0.0654 e. The second kappa shape index (κ2) is 6.40. The first kappa shape index (κ1) is 12.9. The van der Waals surface area contributed by atoms with Crippen molar-refractivity contribution in [3.05, 3.63) is 20.8 Å². The third-order valence-corrected chi connectivity index (χ3v) is 6.42. The van der Waals surface area contributed by atoms with Crippen LogP contribution >= 0.6 is 39.0 Å². The SMILES string of the molecule is NNC(CSC1CCCC1)c1sccc1Br. The lowest BCUT2D eigenvalue weighted by atomic mass is 10.3. The summed E-state index contributed by atoms with van der Waals surface area (Å²) in [6.07, 6.45) is 5.57. The first-order valence-corrected chi connectivity index (χ1v) is 8.34. The normalized spacial score (nSPS) is 19.1. The average molecular weight is 321 g/mol. The molecule has 1 heterocycles. The molecule has 1 saturated carbocycles. The first-order chi connectivity index (χ1) is 7.81. The number of nitrogens with one attached hydrogen (secondary N) is 1. The Bertz CT molecular complexity index is 324. The van der Waals surface area contributed by atoms with Gasteiger partial charge < -0.3 is 0 Å². The number of hydrogen-bond acceptors (Lipinski definition) is 4. The van der Waals surface area contributed by atoms with Gasteiger partial charge in [0.25, 0.3) is 0 Å². The molecular formula is C11H17BrN2S2. The molecule has 1 atom stereocenters. The Morgan fingerprint density at radius 2 is 2.31 bits per heavy atom. The Kier molecular flexibility index (Phi) is 5.16. The van der Waals surface area contributed by atoms with Gasteiger partial charge in [0, 0.05) is 20.4 Å². The molecule has 3 N–H and O–H groups in total. The largest absolute Gasteiger partial charge is 0.271 e. The molecule has 1 unspecified atom stereocenters. The van der Waals surface area contributed by atoms with E-state index in [1.807, 2.05) is 0 Å². The van der Waals surface area contributed by atoms with Crippen molar-refractivity contribution in [1.82, 2.24) is 5.43 Å². The van der Waals surface area contributed by atoms with E-state index in [1.54, 1.807) is 11.3 Å². The highest BCUT2D eigenvalue weighted by molar-refractivity contribution is 9.10. The van der Waals surface area contributed by atoms with Crippen LogP contribution in [0.15, 0.2) is 15.9 Å². The van der Waals surface area contributed by atoms with Crippen LogP contribution in [-0.4, -0.2) is 11.0 Å². The van der Waals surface area contributed by atoms with Crippen molar-refractivity contribution in [3.8, 4) is 0 Å². The first-order valence-electron chi connectivity index (χ1n) is 5.62. The van der Waals surface area contributed by atoms with Crippen LogP contribution in [0.1, 0.15) is 36.6 Å². The number of hydrazine groups is 1. The molecule has 1 aromatic rings. The Hall–Kier alpha value is 0.450. The van der Waals surface area contributed by atoms with Crippen molar-refractivity contribution in [2.24, 2.45) is 5.84 Å². The Morgan fingerprint density at radius 3 is 2.88 bits per heavy atom. The standard InChI is InChI=1S/C11H17BrN2S2/c12-9-5-6-15-11(9)10(14-13)7-16-8-3-1-2-4-8/h5-6,8,10,14H,1-4,7,13H2. The number of hydrogen-bond donors (Lipinski definition) is 2. The van der Waals surface area contributed by atoms with E-state index < -0.39 is 0 Å². The third kappa shape index (κ3) is 3.23. The van der Waals surface area contributed by atoms with Gasteiger partial charge in [-0.2, -0.15) is 11.8 Å². The second-order valence-electron chi connectivity index (χ2n) is 4.09. The van der Waals surface area contributed by atoms with Crippen molar-refractivity contribution >= 4 is 39.0 Å². The van der Waals surface area contributed by atoms with Crippen LogP contribution in [0, 0.1) is 0 Å². The molecule has 2 rings (SSSR count). The van der Waals surface area contributed by atoms with Gasteiger partial charge in [0.15, 0.2) is 0 Å². The van der Waals surface area contributed by atoms with Crippen LogP contribution in [0.25, 0.3) is 0 Å². The highest BCUT2D eigenvalue weighted by atomic mass is 79.9. The Balaban J connectivity index is 1.88. The summed E-state index contributed by atoms with van der Waals surface area (Å²) in [5, 5.41) is 2.96. The zero-order valence-corrected chi connectivity index (χ0v) is 12.3. The monoisotopic (exact) mass is 320 g/mol. The molecule has 1 aromatic heterocycles. The smallest absolute Gasteiger partial charge is 0.0654 e. The molecule has 0 amide bonds. The van der Waals surface area contributed by atoms with E-state index in [0.29, 0.717) is 0 Å². The summed E-state index contributed by atoms with van der Waals surface area (Å²) >= 11 is 7.40. The lowest BCUT2D eigenvalue weighted by Gasteiger charge is -2.17. The second-order valence-corrected chi connectivity index (χ2v) is 7.23. The van der Waals surface area contributed by atoms with E-state index in [0.717, 1.165) is 11.0 Å². The Morgan fingerprint density at radius 1 is 1.56 bits per heavy atom. The van der Waals surface area contributed by atoms with Crippen molar-refractivity contribution in [1.29, 1.82) is 0 Å². The number of thiophene rings is 1. The van der Waals surface area contributed by atoms with E-state index >= 15 is 0 Å². The molecule has 0 aromatic carbocycles. The van der Waals surface area contributed by atoms with Crippen LogP contribution in [0.3, 0.4) is 0 Å². The number of halogens is 1. The van der Waals surface area contributed by atoms with Crippen LogP contribution in [0.5, 0.6) is 0 Å². The highest BCUT2D eigenvalue weighted by Crippen LogP contribution is 2.35. The fraction of sp³-hybridized carbons (Fsp3) is 0.636. The zero-order valence-electron chi connectivity index (χ0n) is 9.12. The number of thioether (sulfide) groups is 1. The van der Waals surface area contributed by atoms with Gasteiger partial charge in [-0.25, -0.2) is 0 Å².